The van der Waals surface area contributed by atoms with Crippen LogP contribution in [0.3, 0.4) is 0 Å². The maximum Gasteiger partial charge on any atom is 0.119 e. The predicted octanol–water partition coefficient (Wildman–Crippen LogP) is 4.37. The first kappa shape index (κ1) is 12.6. The van der Waals surface area contributed by atoms with Gasteiger partial charge in [0.05, 0.1) is 0 Å². The van der Waals surface area contributed by atoms with Gasteiger partial charge in [-0.05, 0) is 24.6 Å². The van der Waals surface area contributed by atoms with Gasteiger partial charge in [-0.15, -0.1) is 0 Å². The van der Waals surface area contributed by atoms with Gasteiger partial charge in [-0.3, -0.25) is 0 Å². The topological polar surface area (TPSA) is 9.23 Å². The maximum atomic E-state index is 5.51. The molecular weight excluding hydrogens is 196 g/mol. The minimum Gasteiger partial charge on any atom is -0.490 e. The van der Waals surface area contributed by atoms with Crippen LogP contribution in [0.15, 0.2) is 54.6 Å². The fourth-order valence-electron chi connectivity index (χ4n) is 1.29. The molecule has 0 spiro atoms. The van der Waals surface area contributed by atoms with Gasteiger partial charge in [-0.1, -0.05) is 56.2 Å². The van der Waals surface area contributed by atoms with E-state index in [0.717, 1.165) is 5.75 Å². The van der Waals surface area contributed by atoms with Crippen LogP contribution in [0.1, 0.15) is 26.2 Å². The average Bonchev–Trinajstić information content (AvgIpc) is 2.34. The predicted molar refractivity (Wildman–Crippen MR) is 69.7 cm³/mol. The van der Waals surface area contributed by atoms with Gasteiger partial charge >= 0.3 is 0 Å². The van der Waals surface area contributed by atoms with Crippen LogP contribution in [0, 0.1) is 0 Å². The zero-order valence-electron chi connectivity index (χ0n) is 9.93. The van der Waals surface area contributed by atoms with Gasteiger partial charge in [-0.2, -0.15) is 0 Å². The standard InChI is InChI=1S/C15H20O/c1-2-3-4-5-6-7-11-14-16-15-12-9-8-10-13-15/h5-13H,2-4,14H2,1H3. The summed E-state index contributed by atoms with van der Waals surface area (Å²) in [4.78, 5) is 0. The molecule has 0 aliphatic heterocycles. The number of hydrogen-bond acceptors (Lipinski definition) is 1. The van der Waals surface area contributed by atoms with Crippen LogP contribution in [-0.2, 0) is 0 Å². The van der Waals surface area contributed by atoms with E-state index in [1.807, 2.05) is 42.5 Å². The molecule has 1 rings (SSSR count). The molecule has 16 heavy (non-hydrogen) atoms. The summed E-state index contributed by atoms with van der Waals surface area (Å²) in [7, 11) is 0. The Morgan fingerprint density at radius 1 is 1.06 bits per heavy atom. The van der Waals surface area contributed by atoms with Crippen LogP contribution in [0.5, 0.6) is 5.75 Å². The zero-order valence-corrected chi connectivity index (χ0v) is 9.93. The molecule has 0 atom stereocenters. The molecule has 1 nitrogen and oxygen atoms in total. The zero-order chi connectivity index (χ0) is 11.5. The van der Waals surface area contributed by atoms with Gasteiger partial charge in [0.1, 0.15) is 12.4 Å². The summed E-state index contributed by atoms with van der Waals surface area (Å²) < 4.78 is 5.51. The Morgan fingerprint density at radius 2 is 1.81 bits per heavy atom. The number of rotatable bonds is 7. The summed E-state index contributed by atoms with van der Waals surface area (Å²) in [6.45, 7) is 2.83. The Bertz CT molecular complexity index is 311. The molecule has 0 unspecified atom stereocenters. The van der Waals surface area contributed by atoms with E-state index in [2.05, 4.69) is 19.1 Å². The molecule has 1 aromatic carbocycles. The Kier molecular flexibility index (Phi) is 6.90. The van der Waals surface area contributed by atoms with Crippen LogP contribution >= 0.6 is 0 Å². The van der Waals surface area contributed by atoms with E-state index in [9.17, 15) is 0 Å². The summed E-state index contributed by atoms with van der Waals surface area (Å²) in [5.41, 5.74) is 0. The Balaban J connectivity index is 2.11. The lowest BCUT2D eigenvalue weighted by atomic mass is 10.2. The van der Waals surface area contributed by atoms with Crippen LogP contribution < -0.4 is 4.74 Å². The molecule has 1 heteroatoms. The monoisotopic (exact) mass is 216 g/mol. The molecule has 0 radical (unpaired) electrons. The van der Waals surface area contributed by atoms with E-state index in [0.29, 0.717) is 6.61 Å². The highest BCUT2D eigenvalue weighted by Gasteiger charge is 1.86. The molecule has 0 N–H and O–H groups in total. The second-order valence-corrected chi connectivity index (χ2v) is 3.62. The van der Waals surface area contributed by atoms with Crippen molar-refractivity contribution in [2.24, 2.45) is 0 Å². The summed E-state index contributed by atoms with van der Waals surface area (Å²) in [5.74, 6) is 0.919. The summed E-state index contributed by atoms with van der Waals surface area (Å²) in [5, 5.41) is 0. The molecule has 0 aliphatic carbocycles. The molecule has 0 bridgehead atoms. The van der Waals surface area contributed by atoms with Crippen molar-refractivity contribution in [1.29, 1.82) is 0 Å². The molecular formula is C15H20O. The van der Waals surface area contributed by atoms with Gasteiger partial charge in [0, 0.05) is 0 Å². The van der Waals surface area contributed by atoms with Crippen molar-refractivity contribution in [3.63, 3.8) is 0 Å². The third-order valence-corrected chi connectivity index (χ3v) is 2.20. The van der Waals surface area contributed by atoms with Crippen LogP contribution in [0.25, 0.3) is 0 Å². The lowest BCUT2D eigenvalue weighted by molar-refractivity contribution is 0.363. The minimum atomic E-state index is 0.627. The molecule has 0 aliphatic rings. The van der Waals surface area contributed by atoms with E-state index in [1.165, 1.54) is 19.3 Å². The lowest BCUT2D eigenvalue weighted by Crippen LogP contribution is -1.91. The molecule has 0 amide bonds. The third kappa shape index (κ3) is 6.07. The molecule has 0 saturated carbocycles. The fourth-order valence-corrected chi connectivity index (χ4v) is 1.29. The highest BCUT2D eigenvalue weighted by molar-refractivity contribution is 5.21. The lowest BCUT2D eigenvalue weighted by Gasteiger charge is -2.00. The van der Waals surface area contributed by atoms with Crippen LogP contribution in [0.4, 0.5) is 0 Å². The first-order valence-electron chi connectivity index (χ1n) is 5.93. The number of para-hydroxylation sites is 1. The quantitative estimate of drug-likeness (QED) is 0.486. The minimum absolute atomic E-state index is 0.627. The first-order chi connectivity index (χ1) is 7.93. The number of allylic oxidation sites excluding steroid dienone is 3. The van der Waals surface area contributed by atoms with Crippen molar-refractivity contribution >= 4 is 0 Å². The Morgan fingerprint density at radius 3 is 2.56 bits per heavy atom. The number of unbranched alkanes of at least 4 members (excludes halogenated alkanes) is 2. The highest BCUT2D eigenvalue weighted by Crippen LogP contribution is 2.07. The fraction of sp³-hybridized carbons (Fsp3) is 0.333. The van der Waals surface area contributed by atoms with Gasteiger partial charge in [0.15, 0.2) is 0 Å². The molecule has 0 heterocycles. The number of hydrogen-bond donors (Lipinski definition) is 0. The van der Waals surface area contributed by atoms with Crippen molar-refractivity contribution in [1.82, 2.24) is 0 Å². The Hall–Kier alpha value is -1.50. The van der Waals surface area contributed by atoms with Gasteiger partial charge in [0.2, 0.25) is 0 Å². The molecule has 0 fully saturated rings. The first-order valence-corrected chi connectivity index (χ1v) is 5.93. The van der Waals surface area contributed by atoms with Gasteiger partial charge in [0.25, 0.3) is 0 Å². The maximum absolute atomic E-state index is 5.51. The van der Waals surface area contributed by atoms with Crippen molar-refractivity contribution in [3.8, 4) is 5.75 Å². The Labute approximate surface area is 98.5 Å². The van der Waals surface area contributed by atoms with E-state index >= 15 is 0 Å². The van der Waals surface area contributed by atoms with E-state index in [-0.39, 0.29) is 0 Å². The van der Waals surface area contributed by atoms with Gasteiger partial charge < -0.3 is 4.74 Å². The normalized spacial score (nSPS) is 11.3. The van der Waals surface area contributed by atoms with Crippen molar-refractivity contribution in [3.05, 3.63) is 54.6 Å². The largest absolute Gasteiger partial charge is 0.490 e. The highest BCUT2D eigenvalue weighted by atomic mass is 16.5. The summed E-state index contributed by atoms with van der Waals surface area (Å²) in [6, 6.07) is 9.86. The molecule has 0 saturated heterocycles. The van der Waals surface area contributed by atoms with Gasteiger partial charge in [-0.25, -0.2) is 0 Å². The smallest absolute Gasteiger partial charge is 0.119 e. The number of ether oxygens (including phenoxy) is 1. The average molecular weight is 216 g/mol. The molecule has 86 valence electrons. The van der Waals surface area contributed by atoms with Crippen molar-refractivity contribution < 1.29 is 4.74 Å². The van der Waals surface area contributed by atoms with Crippen LogP contribution in [0.2, 0.25) is 0 Å². The van der Waals surface area contributed by atoms with Crippen LogP contribution in [-0.4, -0.2) is 6.61 Å². The summed E-state index contributed by atoms with van der Waals surface area (Å²) in [6.07, 6.45) is 12.0. The van der Waals surface area contributed by atoms with E-state index in [4.69, 9.17) is 4.74 Å². The van der Waals surface area contributed by atoms with Crippen molar-refractivity contribution in [2.45, 2.75) is 26.2 Å². The second kappa shape index (κ2) is 8.78. The number of benzene rings is 1. The van der Waals surface area contributed by atoms with E-state index in [1.54, 1.807) is 0 Å². The SMILES string of the molecule is CCCCC=CC=CCOc1ccccc1. The summed E-state index contributed by atoms with van der Waals surface area (Å²) >= 11 is 0. The van der Waals surface area contributed by atoms with E-state index < -0.39 is 0 Å². The molecule has 1 aromatic rings. The second-order valence-electron chi connectivity index (χ2n) is 3.62. The third-order valence-electron chi connectivity index (χ3n) is 2.20. The van der Waals surface area contributed by atoms with Crippen molar-refractivity contribution in [2.75, 3.05) is 6.61 Å². The molecule has 0 aromatic heterocycles.